The van der Waals surface area contributed by atoms with Gasteiger partial charge in [0.25, 0.3) is 5.78 Å². The van der Waals surface area contributed by atoms with E-state index in [4.69, 9.17) is 0 Å². The Morgan fingerprint density at radius 1 is 1.28 bits per heavy atom. The predicted octanol–water partition coefficient (Wildman–Crippen LogP) is 2.96. The highest BCUT2D eigenvalue weighted by Crippen LogP contribution is 2.37. The van der Waals surface area contributed by atoms with E-state index in [1.54, 1.807) is 0 Å². The van der Waals surface area contributed by atoms with Crippen molar-refractivity contribution in [1.29, 1.82) is 0 Å². The van der Waals surface area contributed by atoms with Crippen LogP contribution < -0.4 is 0 Å². The third-order valence-corrected chi connectivity index (χ3v) is 2.82. The van der Waals surface area contributed by atoms with Crippen LogP contribution >= 0.6 is 15.9 Å². The van der Waals surface area contributed by atoms with Crippen LogP contribution in [0, 0.1) is 5.82 Å². The van der Waals surface area contributed by atoms with Gasteiger partial charge in [0.15, 0.2) is 0 Å². The van der Waals surface area contributed by atoms with Gasteiger partial charge in [-0.3, -0.25) is 4.79 Å². The van der Waals surface area contributed by atoms with Crippen molar-refractivity contribution in [2.45, 2.75) is 6.18 Å². The topological polar surface area (TPSA) is 43.4 Å². The lowest BCUT2D eigenvalue weighted by Crippen LogP contribution is -2.19. The van der Waals surface area contributed by atoms with Gasteiger partial charge in [0, 0.05) is 4.47 Å². The Morgan fingerprint density at radius 2 is 1.83 bits per heavy atom. The van der Waals surface area contributed by atoms with Crippen LogP contribution in [0.1, 0.15) is 15.9 Å². The molecule has 0 unspecified atom stereocenters. The molecule has 18 heavy (non-hydrogen) atoms. The van der Waals surface area contributed by atoms with E-state index in [2.05, 4.69) is 20.7 Å². The number of esters is 1. The first-order valence-electron chi connectivity index (χ1n) is 4.38. The van der Waals surface area contributed by atoms with Crippen molar-refractivity contribution in [3.05, 3.63) is 33.5 Å². The standard InChI is InChI=1S/C10H5BrF4O3/c1-18-9(17)8(16)6-5(12)3-2-4(7(6)11)10(13,14)15/h2-3H,1H3. The van der Waals surface area contributed by atoms with E-state index in [0.29, 0.717) is 12.1 Å². The van der Waals surface area contributed by atoms with Crippen LogP contribution in [0.25, 0.3) is 0 Å². The molecule has 0 bridgehead atoms. The van der Waals surface area contributed by atoms with E-state index in [0.717, 1.165) is 7.11 Å². The molecule has 1 aromatic carbocycles. The number of rotatable bonds is 2. The van der Waals surface area contributed by atoms with E-state index in [1.807, 2.05) is 0 Å². The van der Waals surface area contributed by atoms with Crippen molar-refractivity contribution in [2.24, 2.45) is 0 Å². The quantitative estimate of drug-likeness (QED) is 0.363. The summed E-state index contributed by atoms with van der Waals surface area (Å²) in [5, 5.41) is 0. The Kier molecular flexibility index (Phi) is 4.10. The van der Waals surface area contributed by atoms with E-state index in [-0.39, 0.29) is 0 Å². The molecule has 0 aliphatic heterocycles. The second-order valence-electron chi connectivity index (χ2n) is 3.10. The summed E-state index contributed by atoms with van der Waals surface area (Å²) in [6.45, 7) is 0. The van der Waals surface area contributed by atoms with Crippen LogP contribution in [0.4, 0.5) is 17.6 Å². The minimum absolute atomic E-state index is 0.462. The maximum Gasteiger partial charge on any atom is 0.417 e. The van der Waals surface area contributed by atoms with Crippen molar-refractivity contribution in [1.82, 2.24) is 0 Å². The van der Waals surface area contributed by atoms with E-state index < -0.39 is 39.3 Å². The first-order chi connectivity index (χ1) is 8.20. The average molecular weight is 329 g/mol. The molecular formula is C10H5BrF4O3. The molecule has 1 rings (SSSR count). The number of Topliss-reactive ketones (excluding diaryl/α,β-unsaturated/α-hetero) is 1. The maximum atomic E-state index is 13.3. The molecule has 8 heteroatoms. The van der Waals surface area contributed by atoms with Crippen molar-refractivity contribution < 1.29 is 31.9 Å². The fourth-order valence-electron chi connectivity index (χ4n) is 1.17. The number of ether oxygens (including phenoxy) is 1. The molecule has 0 saturated carbocycles. The van der Waals surface area contributed by atoms with Gasteiger partial charge >= 0.3 is 12.1 Å². The third-order valence-electron chi connectivity index (χ3n) is 1.99. The maximum absolute atomic E-state index is 13.3. The van der Waals surface area contributed by atoms with Gasteiger partial charge in [0.2, 0.25) is 0 Å². The van der Waals surface area contributed by atoms with E-state index in [1.165, 1.54) is 0 Å². The molecule has 0 saturated heterocycles. The van der Waals surface area contributed by atoms with Gasteiger partial charge in [0.1, 0.15) is 5.82 Å². The van der Waals surface area contributed by atoms with Gasteiger partial charge < -0.3 is 4.74 Å². The summed E-state index contributed by atoms with van der Waals surface area (Å²) >= 11 is 2.48. The SMILES string of the molecule is COC(=O)C(=O)c1c(F)ccc(C(F)(F)F)c1Br. The molecule has 98 valence electrons. The first kappa shape index (κ1) is 14.6. The van der Waals surface area contributed by atoms with Crippen LogP contribution in [0.3, 0.4) is 0 Å². The van der Waals surface area contributed by atoms with Gasteiger partial charge in [-0.05, 0) is 28.1 Å². The summed E-state index contributed by atoms with van der Waals surface area (Å²) in [7, 11) is 0.861. The Labute approximate surface area is 107 Å². The van der Waals surface area contributed by atoms with Gasteiger partial charge in [0.05, 0.1) is 18.2 Å². The van der Waals surface area contributed by atoms with Crippen LogP contribution in [0.2, 0.25) is 0 Å². The lowest BCUT2D eigenvalue weighted by atomic mass is 10.1. The number of hydrogen-bond donors (Lipinski definition) is 0. The minimum atomic E-state index is -4.78. The molecule has 0 aliphatic rings. The molecule has 0 aromatic heterocycles. The van der Waals surface area contributed by atoms with Crippen molar-refractivity contribution in [3.8, 4) is 0 Å². The fraction of sp³-hybridized carbons (Fsp3) is 0.200. The Balaban J connectivity index is 3.45. The first-order valence-corrected chi connectivity index (χ1v) is 5.17. The van der Waals surface area contributed by atoms with Crippen molar-refractivity contribution in [3.63, 3.8) is 0 Å². The second-order valence-corrected chi connectivity index (χ2v) is 3.90. The zero-order valence-corrected chi connectivity index (χ0v) is 10.4. The number of benzene rings is 1. The fourth-order valence-corrected chi connectivity index (χ4v) is 1.90. The van der Waals surface area contributed by atoms with Gasteiger partial charge in [-0.2, -0.15) is 13.2 Å². The molecule has 1 aromatic rings. The highest BCUT2D eigenvalue weighted by Gasteiger charge is 2.36. The Hall–Kier alpha value is -1.44. The Bertz CT molecular complexity index is 511. The lowest BCUT2D eigenvalue weighted by molar-refractivity contribution is -0.138. The third kappa shape index (κ3) is 2.69. The number of carbonyl (C=O) groups excluding carboxylic acids is 2. The summed E-state index contributed by atoms with van der Waals surface area (Å²) in [6.07, 6.45) is -4.78. The van der Waals surface area contributed by atoms with E-state index in [9.17, 15) is 27.2 Å². The summed E-state index contributed by atoms with van der Waals surface area (Å²) in [5.41, 5.74) is -2.26. The smallest absolute Gasteiger partial charge is 0.417 e. The molecule has 3 nitrogen and oxygen atoms in total. The highest BCUT2D eigenvalue weighted by atomic mass is 79.9. The number of halogens is 5. The predicted molar refractivity (Wildman–Crippen MR) is 55.4 cm³/mol. The molecule has 0 heterocycles. The molecule has 0 amide bonds. The average Bonchev–Trinajstić information content (AvgIpc) is 2.25. The summed E-state index contributed by atoms with van der Waals surface area (Å²) in [6, 6.07) is 0.928. The van der Waals surface area contributed by atoms with Crippen LogP contribution in [0.5, 0.6) is 0 Å². The van der Waals surface area contributed by atoms with Crippen molar-refractivity contribution >= 4 is 27.7 Å². The normalized spacial score (nSPS) is 11.2. The second kappa shape index (κ2) is 5.05. The number of ketones is 1. The largest absolute Gasteiger partial charge is 0.463 e. The number of carbonyl (C=O) groups is 2. The molecular weight excluding hydrogens is 324 g/mol. The van der Waals surface area contributed by atoms with Crippen LogP contribution in [0.15, 0.2) is 16.6 Å². The summed E-state index contributed by atoms with van der Waals surface area (Å²) in [5.74, 6) is -4.19. The minimum Gasteiger partial charge on any atom is -0.463 e. The molecule has 0 spiro atoms. The monoisotopic (exact) mass is 328 g/mol. The zero-order chi connectivity index (χ0) is 14.1. The van der Waals surface area contributed by atoms with Gasteiger partial charge in [-0.1, -0.05) is 0 Å². The number of alkyl halides is 3. The molecule has 0 atom stereocenters. The highest BCUT2D eigenvalue weighted by molar-refractivity contribution is 9.10. The molecule has 0 fully saturated rings. The van der Waals surface area contributed by atoms with Crippen LogP contribution in [-0.2, 0) is 15.7 Å². The van der Waals surface area contributed by atoms with Gasteiger partial charge in [-0.25, -0.2) is 9.18 Å². The number of hydrogen-bond acceptors (Lipinski definition) is 3. The molecule has 0 N–H and O–H groups in total. The van der Waals surface area contributed by atoms with Crippen LogP contribution in [-0.4, -0.2) is 18.9 Å². The van der Waals surface area contributed by atoms with Gasteiger partial charge in [-0.15, -0.1) is 0 Å². The Morgan fingerprint density at radius 3 is 2.28 bits per heavy atom. The zero-order valence-electron chi connectivity index (χ0n) is 8.77. The van der Waals surface area contributed by atoms with Crippen molar-refractivity contribution in [2.75, 3.05) is 7.11 Å². The molecule has 0 aliphatic carbocycles. The van der Waals surface area contributed by atoms with E-state index >= 15 is 0 Å². The molecule has 0 radical (unpaired) electrons. The number of methoxy groups -OCH3 is 1. The summed E-state index contributed by atoms with van der Waals surface area (Å²) < 4.78 is 54.1. The summed E-state index contributed by atoms with van der Waals surface area (Å²) in [4.78, 5) is 22.3. The lowest BCUT2D eigenvalue weighted by Gasteiger charge is -2.12.